The number of urea groups is 1. The van der Waals surface area contributed by atoms with Crippen molar-refractivity contribution in [2.75, 3.05) is 11.9 Å². The van der Waals surface area contributed by atoms with E-state index >= 15 is 0 Å². The molecule has 0 unspecified atom stereocenters. The van der Waals surface area contributed by atoms with Crippen molar-refractivity contribution < 1.29 is 19.1 Å². The van der Waals surface area contributed by atoms with E-state index in [0.717, 1.165) is 16.8 Å². The van der Waals surface area contributed by atoms with Crippen LogP contribution in [0.2, 0.25) is 0 Å². The molecule has 0 aliphatic heterocycles. The van der Waals surface area contributed by atoms with Gasteiger partial charge in [0.25, 0.3) is 5.91 Å². The first-order valence-electron chi connectivity index (χ1n) is 8.97. The van der Waals surface area contributed by atoms with Gasteiger partial charge in [-0.1, -0.05) is 24.3 Å². The van der Waals surface area contributed by atoms with Gasteiger partial charge in [0.15, 0.2) is 6.61 Å². The number of anilines is 2. The molecule has 0 saturated carbocycles. The summed E-state index contributed by atoms with van der Waals surface area (Å²) in [7, 11) is 0. The van der Waals surface area contributed by atoms with Crippen molar-refractivity contribution in [1.29, 1.82) is 0 Å². The minimum absolute atomic E-state index is 0.113. The summed E-state index contributed by atoms with van der Waals surface area (Å²) in [5, 5.41) is 7.86. The van der Waals surface area contributed by atoms with Crippen molar-refractivity contribution in [2.24, 2.45) is 0 Å². The molecule has 0 spiro atoms. The molecule has 3 amide bonds. The van der Waals surface area contributed by atoms with Crippen LogP contribution in [0.25, 0.3) is 0 Å². The monoisotopic (exact) mass is 383 g/mol. The van der Waals surface area contributed by atoms with Gasteiger partial charge in [-0.3, -0.25) is 10.1 Å². The second-order valence-electron chi connectivity index (χ2n) is 6.67. The molecule has 0 aliphatic rings. The number of imide groups is 1. The van der Waals surface area contributed by atoms with Gasteiger partial charge >= 0.3 is 12.0 Å². The maximum atomic E-state index is 12.4. The van der Waals surface area contributed by atoms with Crippen LogP contribution in [-0.2, 0) is 9.53 Å². The van der Waals surface area contributed by atoms with Crippen LogP contribution in [0.3, 0.4) is 0 Å². The molecule has 7 nitrogen and oxygen atoms in total. The summed E-state index contributed by atoms with van der Waals surface area (Å²) in [6.07, 6.45) is 0. The number of benzene rings is 2. The van der Waals surface area contributed by atoms with Crippen LogP contribution in [-0.4, -0.2) is 30.6 Å². The fourth-order valence-corrected chi connectivity index (χ4v) is 2.47. The Hall–Kier alpha value is -3.35. The highest BCUT2D eigenvalue weighted by molar-refractivity contribution is 5.99. The van der Waals surface area contributed by atoms with Crippen LogP contribution in [0.15, 0.2) is 42.5 Å². The molecule has 148 valence electrons. The fraction of sp³-hybridized carbons (Fsp3) is 0.286. The van der Waals surface area contributed by atoms with Crippen LogP contribution in [0.5, 0.6) is 0 Å². The third kappa shape index (κ3) is 5.84. The lowest BCUT2D eigenvalue weighted by molar-refractivity contribution is -0.123. The van der Waals surface area contributed by atoms with Crippen LogP contribution in [0.1, 0.15) is 35.3 Å². The van der Waals surface area contributed by atoms with E-state index in [0.29, 0.717) is 11.3 Å². The van der Waals surface area contributed by atoms with Crippen LogP contribution in [0, 0.1) is 13.8 Å². The van der Waals surface area contributed by atoms with Crippen molar-refractivity contribution in [3.8, 4) is 0 Å². The first-order chi connectivity index (χ1) is 13.3. The highest BCUT2D eigenvalue weighted by Gasteiger charge is 2.16. The molecule has 7 heteroatoms. The lowest BCUT2D eigenvalue weighted by atomic mass is 10.1. The number of carbonyl (C=O) groups excluding carboxylic acids is 3. The molecular weight excluding hydrogens is 358 g/mol. The summed E-state index contributed by atoms with van der Waals surface area (Å²) in [5.74, 6) is -1.36. The highest BCUT2D eigenvalue weighted by atomic mass is 16.5. The Morgan fingerprint density at radius 2 is 1.64 bits per heavy atom. The molecule has 0 aliphatic carbocycles. The summed E-state index contributed by atoms with van der Waals surface area (Å²) >= 11 is 0. The molecule has 0 radical (unpaired) electrons. The van der Waals surface area contributed by atoms with Gasteiger partial charge < -0.3 is 15.4 Å². The van der Waals surface area contributed by atoms with Crippen molar-refractivity contribution in [3.63, 3.8) is 0 Å². The Morgan fingerprint density at radius 1 is 0.964 bits per heavy atom. The van der Waals surface area contributed by atoms with Gasteiger partial charge in [0.1, 0.15) is 0 Å². The number of para-hydroxylation sites is 1. The van der Waals surface area contributed by atoms with E-state index in [1.807, 2.05) is 32.0 Å². The number of hydrogen-bond acceptors (Lipinski definition) is 5. The SMILES string of the molecule is Cc1cccc(Nc2ccccc2C(=O)OCC(=O)NC(=O)NC(C)C)c1C. The molecule has 0 saturated heterocycles. The van der Waals surface area contributed by atoms with Crippen LogP contribution < -0.4 is 16.0 Å². The van der Waals surface area contributed by atoms with Gasteiger partial charge in [-0.15, -0.1) is 0 Å². The quantitative estimate of drug-likeness (QED) is 0.664. The van der Waals surface area contributed by atoms with Gasteiger partial charge in [-0.05, 0) is 57.0 Å². The summed E-state index contributed by atoms with van der Waals surface area (Å²) in [4.78, 5) is 35.7. The minimum atomic E-state index is -0.702. The Morgan fingerprint density at radius 3 is 2.36 bits per heavy atom. The van der Waals surface area contributed by atoms with Crippen molar-refractivity contribution in [1.82, 2.24) is 10.6 Å². The molecular formula is C21H25N3O4. The lowest BCUT2D eigenvalue weighted by Gasteiger charge is -2.14. The van der Waals surface area contributed by atoms with E-state index in [1.54, 1.807) is 38.1 Å². The molecule has 0 fully saturated rings. The standard InChI is InChI=1S/C21H25N3O4/c1-13(2)22-21(27)24-19(25)12-28-20(26)16-9-5-6-10-18(16)23-17-11-7-8-14(3)15(17)4/h5-11,13,23H,12H2,1-4H3,(H2,22,24,25,27). The number of ether oxygens (including phenoxy) is 1. The second kappa shape index (κ2) is 9.55. The molecule has 0 aromatic heterocycles. The fourth-order valence-electron chi connectivity index (χ4n) is 2.47. The first kappa shape index (κ1) is 21.0. The topological polar surface area (TPSA) is 96.5 Å². The number of nitrogens with one attached hydrogen (secondary N) is 3. The molecule has 2 aromatic carbocycles. The largest absolute Gasteiger partial charge is 0.452 e. The van der Waals surface area contributed by atoms with Crippen molar-refractivity contribution in [2.45, 2.75) is 33.7 Å². The van der Waals surface area contributed by atoms with Crippen LogP contribution in [0.4, 0.5) is 16.2 Å². The second-order valence-corrected chi connectivity index (χ2v) is 6.67. The molecule has 0 heterocycles. The average Bonchev–Trinajstić information content (AvgIpc) is 2.63. The van der Waals surface area contributed by atoms with E-state index in [9.17, 15) is 14.4 Å². The average molecular weight is 383 g/mol. The van der Waals surface area contributed by atoms with E-state index in [-0.39, 0.29) is 6.04 Å². The third-order valence-electron chi connectivity index (χ3n) is 4.03. The Kier molecular flexibility index (Phi) is 7.14. The number of rotatable bonds is 6. The van der Waals surface area contributed by atoms with Crippen molar-refractivity contribution >= 4 is 29.3 Å². The zero-order chi connectivity index (χ0) is 20.7. The number of hydrogen-bond donors (Lipinski definition) is 3. The Bertz CT molecular complexity index is 878. The third-order valence-corrected chi connectivity index (χ3v) is 4.03. The van der Waals surface area contributed by atoms with E-state index in [4.69, 9.17) is 4.74 Å². The summed E-state index contributed by atoms with van der Waals surface area (Å²) in [5.41, 5.74) is 3.94. The van der Waals surface area contributed by atoms with E-state index in [1.165, 1.54) is 0 Å². The summed E-state index contributed by atoms with van der Waals surface area (Å²) in [6.45, 7) is 6.98. The minimum Gasteiger partial charge on any atom is -0.452 e. The molecule has 0 atom stereocenters. The predicted octanol–water partition coefficient (Wildman–Crippen LogP) is 3.44. The number of aryl methyl sites for hydroxylation is 1. The van der Waals surface area contributed by atoms with E-state index in [2.05, 4.69) is 16.0 Å². The smallest absolute Gasteiger partial charge is 0.340 e. The zero-order valence-electron chi connectivity index (χ0n) is 16.5. The maximum absolute atomic E-state index is 12.4. The predicted molar refractivity (Wildman–Crippen MR) is 108 cm³/mol. The normalized spacial score (nSPS) is 10.3. The molecule has 0 bridgehead atoms. The number of esters is 1. The molecule has 28 heavy (non-hydrogen) atoms. The van der Waals surface area contributed by atoms with Gasteiger partial charge in [0.05, 0.1) is 11.3 Å². The molecule has 3 N–H and O–H groups in total. The summed E-state index contributed by atoms with van der Waals surface area (Å²) < 4.78 is 5.06. The highest BCUT2D eigenvalue weighted by Crippen LogP contribution is 2.25. The molecule has 2 aromatic rings. The first-order valence-corrected chi connectivity index (χ1v) is 8.97. The maximum Gasteiger partial charge on any atom is 0.340 e. The molecule has 2 rings (SSSR count). The van der Waals surface area contributed by atoms with Gasteiger partial charge in [0.2, 0.25) is 0 Å². The van der Waals surface area contributed by atoms with Crippen LogP contribution >= 0.6 is 0 Å². The van der Waals surface area contributed by atoms with E-state index < -0.39 is 24.5 Å². The number of carbonyl (C=O) groups is 3. The van der Waals surface area contributed by atoms with Gasteiger partial charge in [-0.2, -0.15) is 0 Å². The van der Waals surface area contributed by atoms with Gasteiger partial charge in [0, 0.05) is 11.7 Å². The summed E-state index contributed by atoms with van der Waals surface area (Å²) in [6, 6.07) is 12.0. The Labute approximate surface area is 164 Å². The number of amides is 3. The Balaban J connectivity index is 2.03. The zero-order valence-corrected chi connectivity index (χ0v) is 16.5. The van der Waals surface area contributed by atoms with Gasteiger partial charge in [-0.25, -0.2) is 9.59 Å². The van der Waals surface area contributed by atoms with Crippen molar-refractivity contribution in [3.05, 3.63) is 59.2 Å². The lowest BCUT2D eigenvalue weighted by Crippen LogP contribution is -2.44.